The summed E-state index contributed by atoms with van der Waals surface area (Å²) in [6.45, 7) is 5.43. The van der Waals surface area contributed by atoms with Crippen LogP contribution in [-0.4, -0.2) is 25.8 Å². The van der Waals surface area contributed by atoms with E-state index in [-0.39, 0.29) is 0 Å². The normalized spacial score (nSPS) is 34.1. The van der Waals surface area contributed by atoms with E-state index in [2.05, 4.69) is 19.2 Å². The number of rotatable bonds is 3. The molecule has 0 aliphatic carbocycles. The van der Waals surface area contributed by atoms with Gasteiger partial charge in [-0.25, -0.2) is 0 Å². The summed E-state index contributed by atoms with van der Waals surface area (Å²) >= 11 is 0. The van der Waals surface area contributed by atoms with Crippen LogP contribution in [-0.2, 0) is 4.74 Å². The Hall–Kier alpha value is -0.0800. The smallest absolute Gasteiger partial charge is 0.0754 e. The van der Waals surface area contributed by atoms with E-state index in [1.165, 1.54) is 6.42 Å². The number of ether oxygens (including phenoxy) is 1. The molecule has 1 heterocycles. The first-order valence-electron chi connectivity index (χ1n) is 4.58. The van der Waals surface area contributed by atoms with E-state index in [0.717, 1.165) is 18.9 Å². The highest BCUT2D eigenvalue weighted by Gasteiger charge is 2.29. The molecule has 0 amide bonds. The average Bonchev–Trinajstić information content (AvgIpc) is 2.40. The molecule has 3 atom stereocenters. The fourth-order valence-corrected chi connectivity index (χ4v) is 1.83. The van der Waals surface area contributed by atoms with E-state index in [1.54, 1.807) is 0 Å². The van der Waals surface area contributed by atoms with Crippen molar-refractivity contribution in [2.24, 2.45) is 5.92 Å². The van der Waals surface area contributed by atoms with Crippen LogP contribution in [0.1, 0.15) is 26.7 Å². The van der Waals surface area contributed by atoms with Gasteiger partial charge in [-0.05, 0) is 25.8 Å². The molecule has 0 aromatic carbocycles. The summed E-state index contributed by atoms with van der Waals surface area (Å²) in [6, 6.07) is 0.549. The van der Waals surface area contributed by atoms with Gasteiger partial charge < -0.3 is 10.1 Å². The lowest BCUT2D eigenvalue weighted by molar-refractivity contribution is 0.0622. The lowest BCUT2D eigenvalue weighted by atomic mass is 9.96. The molecular formula is C9H19NO. The van der Waals surface area contributed by atoms with Crippen LogP contribution >= 0.6 is 0 Å². The first kappa shape index (κ1) is 9.01. The molecule has 3 unspecified atom stereocenters. The van der Waals surface area contributed by atoms with Crippen molar-refractivity contribution in [3.63, 3.8) is 0 Å². The second kappa shape index (κ2) is 4.07. The third kappa shape index (κ3) is 1.94. The van der Waals surface area contributed by atoms with Crippen molar-refractivity contribution < 1.29 is 4.74 Å². The largest absolute Gasteiger partial charge is 0.376 e. The van der Waals surface area contributed by atoms with E-state index in [9.17, 15) is 0 Å². The quantitative estimate of drug-likeness (QED) is 0.669. The lowest BCUT2D eigenvalue weighted by Gasteiger charge is -2.24. The topological polar surface area (TPSA) is 21.3 Å². The summed E-state index contributed by atoms with van der Waals surface area (Å²) in [5, 5.41) is 3.30. The molecule has 0 radical (unpaired) electrons. The average molecular weight is 157 g/mol. The summed E-state index contributed by atoms with van der Waals surface area (Å²) < 4.78 is 5.65. The second-order valence-corrected chi connectivity index (χ2v) is 3.40. The third-order valence-corrected chi connectivity index (χ3v) is 2.65. The van der Waals surface area contributed by atoms with Crippen molar-refractivity contribution in [1.82, 2.24) is 5.32 Å². The highest BCUT2D eigenvalue weighted by molar-refractivity contribution is 4.82. The van der Waals surface area contributed by atoms with Gasteiger partial charge in [0, 0.05) is 12.6 Å². The Morgan fingerprint density at radius 3 is 2.73 bits per heavy atom. The number of hydrogen-bond donors (Lipinski definition) is 1. The zero-order valence-corrected chi connectivity index (χ0v) is 7.76. The molecule has 11 heavy (non-hydrogen) atoms. The number of likely N-dealkylation sites (N-methyl/N-ethyl adjacent to an activating group) is 1. The van der Waals surface area contributed by atoms with Crippen molar-refractivity contribution in [1.29, 1.82) is 0 Å². The molecule has 1 aliphatic heterocycles. The summed E-state index contributed by atoms with van der Waals surface area (Å²) in [5.41, 5.74) is 0. The Balaban J connectivity index is 2.43. The molecule has 1 fully saturated rings. The Bertz CT molecular complexity index is 112. The first-order valence-corrected chi connectivity index (χ1v) is 4.58. The molecule has 0 aromatic heterocycles. The van der Waals surface area contributed by atoms with Gasteiger partial charge in [0.15, 0.2) is 0 Å². The minimum absolute atomic E-state index is 0.449. The van der Waals surface area contributed by atoms with Crippen molar-refractivity contribution in [3.8, 4) is 0 Å². The highest BCUT2D eigenvalue weighted by Crippen LogP contribution is 2.23. The molecule has 0 bridgehead atoms. The highest BCUT2D eigenvalue weighted by atomic mass is 16.5. The predicted molar refractivity (Wildman–Crippen MR) is 46.7 cm³/mol. The maximum Gasteiger partial charge on any atom is 0.0754 e. The van der Waals surface area contributed by atoms with Crippen LogP contribution in [0.25, 0.3) is 0 Å². The van der Waals surface area contributed by atoms with Gasteiger partial charge in [0.2, 0.25) is 0 Å². The molecule has 0 saturated carbocycles. The molecule has 66 valence electrons. The molecule has 2 heteroatoms. The van der Waals surface area contributed by atoms with E-state index in [4.69, 9.17) is 4.74 Å². The predicted octanol–water partition coefficient (Wildman–Crippen LogP) is 1.41. The third-order valence-electron chi connectivity index (χ3n) is 2.65. The molecule has 1 N–H and O–H groups in total. The van der Waals surface area contributed by atoms with Gasteiger partial charge in [0.1, 0.15) is 0 Å². The standard InChI is InChI=1S/C9H19NO/c1-4-8(10-3)9-7(2)5-6-11-9/h7-10H,4-6H2,1-3H3. The van der Waals surface area contributed by atoms with Gasteiger partial charge in [0.25, 0.3) is 0 Å². The second-order valence-electron chi connectivity index (χ2n) is 3.40. The zero-order chi connectivity index (χ0) is 8.27. The molecule has 2 nitrogen and oxygen atoms in total. The van der Waals surface area contributed by atoms with Gasteiger partial charge >= 0.3 is 0 Å². The van der Waals surface area contributed by atoms with Crippen LogP contribution in [0.3, 0.4) is 0 Å². The van der Waals surface area contributed by atoms with Gasteiger partial charge in [-0.1, -0.05) is 13.8 Å². The fourth-order valence-electron chi connectivity index (χ4n) is 1.83. The number of hydrogen-bond acceptors (Lipinski definition) is 2. The molecular weight excluding hydrogens is 138 g/mol. The van der Waals surface area contributed by atoms with Crippen molar-refractivity contribution in [2.75, 3.05) is 13.7 Å². The van der Waals surface area contributed by atoms with Gasteiger partial charge in [-0.3, -0.25) is 0 Å². The molecule has 1 aliphatic rings. The lowest BCUT2D eigenvalue weighted by Crippen LogP contribution is -2.39. The van der Waals surface area contributed by atoms with E-state index in [1.807, 2.05) is 7.05 Å². The van der Waals surface area contributed by atoms with Crippen LogP contribution < -0.4 is 5.32 Å². The molecule has 0 spiro atoms. The minimum atomic E-state index is 0.449. The maximum atomic E-state index is 5.65. The molecule has 1 saturated heterocycles. The zero-order valence-electron chi connectivity index (χ0n) is 7.76. The van der Waals surface area contributed by atoms with Crippen molar-refractivity contribution >= 4 is 0 Å². The van der Waals surface area contributed by atoms with Crippen LogP contribution in [0.2, 0.25) is 0 Å². The fraction of sp³-hybridized carbons (Fsp3) is 1.00. The summed E-state index contributed by atoms with van der Waals surface area (Å²) in [7, 11) is 2.02. The van der Waals surface area contributed by atoms with Crippen LogP contribution in [0.5, 0.6) is 0 Å². The van der Waals surface area contributed by atoms with E-state index >= 15 is 0 Å². The summed E-state index contributed by atoms with van der Waals surface area (Å²) in [6.07, 6.45) is 2.83. The molecule has 0 aromatic rings. The minimum Gasteiger partial charge on any atom is -0.376 e. The Kier molecular flexibility index (Phi) is 3.34. The van der Waals surface area contributed by atoms with Gasteiger partial charge in [-0.2, -0.15) is 0 Å². The molecule has 1 rings (SSSR count). The van der Waals surface area contributed by atoms with Crippen molar-refractivity contribution in [3.05, 3.63) is 0 Å². The first-order chi connectivity index (χ1) is 5.29. The number of nitrogens with one attached hydrogen (secondary N) is 1. The maximum absolute atomic E-state index is 5.65. The Morgan fingerprint density at radius 1 is 1.64 bits per heavy atom. The van der Waals surface area contributed by atoms with Gasteiger partial charge in [-0.15, -0.1) is 0 Å². The van der Waals surface area contributed by atoms with Crippen molar-refractivity contribution in [2.45, 2.75) is 38.8 Å². The Morgan fingerprint density at radius 2 is 2.36 bits per heavy atom. The van der Waals surface area contributed by atoms with Crippen LogP contribution in [0.15, 0.2) is 0 Å². The van der Waals surface area contributed by atoms with E-state index in [0.29, 0.717) is 12.1 Å². The Labute approximate surface area is 69.3 Å². The monoisotopic (exact) mass is 157 g/mol. The van der Waals surface area contributed by atoms with Gasteiger partial charge in [0.05, 0.1) is 6.10 Å². The van der Waals surface area contributed by atoms with Crippen LogP contribution in [0, 0.1) is 5.92 Å². The summed E-state index contributed by atoms with van der Waals surface area (Å²) in [5.74, 6) is 0.729. The SMILES string of the molecule is CCC(NC)C1OCCC1C. The summed E-state index contributed by atoms with van der Waals surface area (Å²) in [4.78, 5) is 0. The van der Waals surface area contributed by atoms with E-state index < -0.39 is 0 Å². The van der Waals surface area contributed by atoms with Crippen LogP contribution in [0.4, 0.5) is 0 Å².